The van der Waals surface area contributed by atoms with Crippen molar-refractivity contribution in [3.8, 4) is 0 Å². The summed E-state index contributed by atoms with van der Waals surface area (Å²) < 4.78 is 13.5. The van der Waals surface area contributed by atoms with Crippen molar-refractivity contribution < 1.29 is 4.39 Å². The number of hydrogen-bond acceptors (Lipinski definition) is 1. The molecule has 0 heterocycles. The Labute approximate surface area is 95.4 Å². The van der Waals surface area contributed by atoms with Crippen LogP contribution in [0, 0.1) is 11.7 Å². The summed E-state index contributed by atoms with van der Waals surface area (Å²) in [6.07, 6.45) is 1.86. The van der Waals surface area contributed by atoms with Gasteiger partial charge in [0.05, 0.1) is 0 Å². The first-order valence-electron chi connectivity index (χ1n) is 5.25. The molecule has 15 heavy (non-hydrogen) atoms. The Kier molecular flexibility index (Phi) is 4.55. The Morgan fingerprint density at radius 3 is 2.67 bits per heavy atom. The van der Waals surface area contributed by atoms with E-state index in [1.54, 1.807) is 12.1 Å². The van der Waals surface area contributed by atoms with Gasteiger partial charge in [0.1, 0.15) is 5.82 Å². The number of hydrogen-bond donors (Lipinski definition) is 1. The molecular weight excluding hydrogens is 213 g/mol. The van der Waals surface area contributed by atoms with Crippen LogP contribution in [-0.4, -0.2) is 0 Å². The van der Waals surface area contributed by atoms with Crippen molar-refractivity contribution in [2.24, 2.45) is 11.7 Å². The molecule has 0 fully saturated rings. The third-order valence-electron chi connectivity index (χ3n) is 2.72. The van der Waals surface area contributed by atoms with Crippen LogP contribution in [0.2, 0.25) is 5.02 Å². The molecule has 1 nitrogen and oxygen atoms in total. The standard InChI is InChI=1S/C12H17ClFN/c1-3-8(2)6-12(15)10-5-4-9(13)7-11(10)14/h4-5,7-8,12H,3,6,15H2,1-2H3. The molecule has 2 unspecified atom stereocenters. The van der Waals surface area contributed by atoms with Crippen molar-refractivity contribution in [2.45, 2.75) is 32.7 Å². The molecule has 2 N–H and O–H groups in total. The minimum Gasteiger partial charge on any atom is -0.324 e. The Balaban J connectivity index is 2.77. The third kappa shape index (κ3) is 3.47. The van der Waals surface area contributed by atoms with E-state index in [0.29, 0.717) is 16.5 Å². The molecule has 84 valence electrons. The molecule has 0 spiro atoms. The van der Waals surface area contributed by atoms with E-state index in [2.05, 4.69) is 13.8 Å². The largest absolute Gasteiger partial charge is 0.324 e. The Morgan fingerprint density at radius 2 is 2.13 bits per heavy atom. The quantitative estimate of drug-likeness (QED) is 0.832. The van der Waals surface area contributed by atoms with Crippen molar-refractivity contribution >= 4 is 11.6 Å². The van der Waals surface area contributed by atoms with Crippen LogP contribution in [0.3, 0.4) is 0 Å². The van der Waals surface area contributed by atoms with Crippen LogP contribution in [0.4, 0.5) is 4.39 Å². The highest BCUT2D eigenvalue weighted by Crippen LogP contribution is 2.24. The van der Waals surface area contributed by atoms with Crippen LogP contribution in [0.15, 0.2) is 18.2 Å². The average Bonchev–Trinajstić information content (AvgIpc) is 2.17. The summed E-state index contributed by atoms with van der Waals surface area (Å²) in [7, 11) is 0. The monoisotopic (exact) mass is 229 g/mol. The molecule has 0 aliphatic rings. The van der Waals surface area contributed by atoms with Crippen LogP contribution in [0.5, 0.6) is 0 Å². The van der Waals surface area contributed by atoms with Gasteiger partial charge in [-0.15, -0.1) is 0 Å². The second-order valence-corrected chi connectivity index (χ2v) is 4.46. The molecule has 0 aromatic heterocycles. The molecule has 0 aliphatic heterocycles. The topological polar surface area (TPSA) is 26.0 Å². The maximum absolute atomic E-state index is 13.5. The molecular formula is C12H17ClFN. The SMILES string of the molecule is CCC(C)CC(N)c1ccc(Cl)cc1F. The lowest BCUT2D eigenvalue weighted by atomic mass is 9.95. The first kappa shape index (κ1) is 12.5. The van der Waals surface area contributed by atoms with Crippen LogP contribution < -0.4 is 5.73 Å². The van der Waals surface area contributed by atoms with Crippen molar-refractivity contribution in [3.63, 3.8) is 0 Å². The van der Waals surface area contributed by atoms with Gasteiger partial charge in [0.2, 0.25) is 0 Å². The van der Waals surface area contributed by atoms with Gasteiger partial charge in [-0.05, 0) is 24.5 Å². The third-order valence-corrected chi connectivity index (χ3v) is 2.95. The van der Waals surface area contributed by atoms with Gasteiger partial charge in [-0.1, -0.05) is 37.9 Å². The van der Waals surface area contributed by atoms with Gasteiger partial charge in [-0.2, -0.15) is 0 Å². The molecule has 1 aromatic rings. The molecule has 3 heteroatoms. The zero-order chi connectivity index (χ0) is 11.4. The highest BCUT2D eigenvalue weighted by Gasteiger charge is 2.14. The van der Waals surface area contributed by atoms with Crippen LogP contribution >= 0.6 is 11.6 Å². The van der Waals surface area contributed by atoms with Crippen LogP contribution in [0.25, 0.3) is 0 Å². The molecule has 0 bridgehead atoms. The molecule has 1 aromatic carbocycles. The Morgan fingerprint density at radius 1 is 1.47 bits per heavy atom. The molecule has 0 amide bonds. The fourth-order valence-electron chi connectivity index (χ4n) is 1.53. The van der Waals surface area contributed by atoms with Gasteiger partial charge in [0.15, 0.2) is 0 Å². The minimum absolute atomic E-state index is 0.239. The molecule has 0 radical (unpaired) electrons. The van der Waals surface area contributed by atoms with E-state index < -0.39 is 0 Å². The van der Waals surface area contributed by atoms with Crippen molar-refractivity contribution in [1.29, 1.82) is 0 Å². The zero-order valence-corrected chi connectivity index (χ0v) is 9.89. The van der Waals surface area contributed by atoms with Gasteiger partial charge in [-0.3, -0.25) is 0 Å². The first-order chi connectivity index (χ1) is 7.04. The second kappa shape index (κ2) is 5.47. The normalized spacial score (nSPS) is 15.0. The van der Waals surface area contributed by atoms with Gasteiger partial charge >= 0.3 is 0 Å². The predicted octanol–water partition coefficient (Wildman–Crippen LogP) is 3.92. The Hall–Kier alpha value is -0.600. The smallest absolute Gasteiger partial charge is 0.129 e. The van der Waals surface area contributed by atoms with E-state index >= 15 is 0 Å². The highest BCUT2D eigenvalue weighted by molar-refractivity contribution is 6.30. The maximum atomic E-state index is 13.5. The number of nitrogens with two attached hydrogens (primary N) is 1. The van der Waals surface area contributed by atoms with Gasteiger partial charge in [0, 0.05) is 16.6 Å². The number of rotatable bonds is 4. The lowest BCUT2D eigenvalue weighted by molar-refractivity contribution is 0.449. The van der Waals surface area contributed by atoms with E-state index in [1.165, 1.54) is 6.07 Å². The summed E-state index contributed by atoms with van der Waals surface area (Å²) in [6, 6.07) is 4.42. The zero-order valence-electron chi connectivity index (χ0n) is 9.13. The molecule has 0 aliphatic carbocycles. The fourth-order valence-corrected chi connectivity index (χ4v) is 1.69. The van der Waals surface area contributed by atoms with Crippen LogP contribution in [-0.2, 0) is 0 Å². The lowest BCUT2D eigenvalue weighted by Gasteiger charge is -2.16. The highest BCUT2D eigenvalue weighted by atomic mass is 35.5. The second-order valence-electron chi connectivity index (χ2n) is 4.02. The molecule has 1 rings (SSSR count). The molecule has 0 saturated carbocycles. The van der Waals surface area contributed by atoms with Gasteiger partial charge in [0.25, 0.3) is 0 Å². The summed E-state index contributed by atoms with van der Waals surface area (Å²) in [6.45, 7) is 4.23. The summed E-state index contributed by atoms with van der Waals surface area (Å²) >= 11 is 5.67. The van der Waals surface area contributed by atoms with Gasteiger partial charge < -0.3 is 5.73 Å². The van der Waals surface area contributed by atoms with E-state index in [1.807, 2.05) is 0 Å². The van der Waals surface area contributed by atoms with E-state index in [-0.39, 0.29) is 11.9 Å². The molecule has 2 atom stereocenters. The van der Waals surface area contributed by atoms with Crippen molar-refractivity contribution in [2.75, 3.05) is 0 Å². The molecule has 0 saturated heterocycles. The lowest BCUT2D eigenvalue weighted by Crippen LogP contribution is -2.15. The van der Waals surface area contributed by atoms with Crippen molar-refractivity contribution in [3.05, 3.63) is 34.6 Å². The summed E-state index contributed by atoms with van der Waals surface area (Å²) in [5, 5.41) is 0.409. The maximum Gasteiger partial charge on any atom is 0.129 e. The van der Waals surface area contributed by atoms with Gasteiger partial charge in [-0.25, -0.2) is 4.39 Å². The number of halogens is 2. The summed E-state index contributed by atoms with van der Waals surface area (Å²) in [5.41, 5.74) is 6.49. The summed E-state index contributed by atoms with van der Waals surface area (Å²) in [5.74, 6) is 0.202. The summed E-state index contributed by atoms with van der Waals surface area (Å²) in [4.78, 5) is 0. The van der Waals surface area contributed by atoms with E-state index in [4.69, 9.17) is 17.3 Å². The first-order valence-corrected chi connectivity index (χ1v) is 5.63. The van der Waals surface area contributed by atoms with E-state index in [0.717, 1.165) is 12.8 Å². The fraction of sp³-hybridized carbons (Fsp3) is 0.500. The average molecular weight is 230 g/mol. The number of benzene rings is 1. The minimum atomic E-state index is -0.307. The van der Waals surface area contributed by atoms with Crippen molar-refractivity contribution in [1.82, 2.24) is 0 Å². The Bertz CT molecular complexity index is 327. The van der Waals surface area contributed by atoms with Crippen LogP contribution in [0.1, 0.15) is 38.3 Å². The van der Waals surface area contributed by atoms with E-state index in [9.17, 15) is 4.39 Å². The predicted molar refractivity (Wildman–Crippen MR) is 62.4 cm³/mol.